The summed E-state index contributed by atoms with van der Waals surface area (Å²) in [6.07, 6.45) is 11.7. The number of fused-ring (bicyclic) bond motifs is 1. The van der Waals surface area contributed by atoms with E-state index >= 15 is 0 Å². The zero-order valence-corrected chi connectivity index (χ0v) is 13.2. The first-order valence-corrected chi connectivity index (χ1v) is 8.72. The summed E-state index contributed by atoms with van der Waals surface area (Å²) in [7, 11) is 0. The van der Waals surface area contributed by atoms with Gasteiger partial charge in [0.15, 0.2) is 0 Å². The maximum absolute atomic E-state index is 3.56. The van der Waals surface area contributed by atoms with Crippen molar-refractivity contribution in [1.82, 2.24) is 10.2 Å². The summed E-state index contributed by atoms with van der Waals surface area (Å²) in [6.45, 7) is 9.67. The molecule has 0 bridgehead atoms. The Morgan fingerprint density at radius 2 is 1.84 bits per heavy atom. The molecule has 0 aromatic heterocycles. The molecule has 112 valence electrons. The second kappa shape index (κ2) is 8.26. The van der Waals surface area contributed by atoms with Gasteiger partial charge in [-0.3, -0.25) is 0 Å². The van der Waals surface area contributed by atoms with Crippen LogP contribution in [0.5, 0.6) is 0 Å². The van der Waals surface area contributed by atoms with E-state index in [0.717, 1.165) is 17.9 Å². The van der Waals surface area contributed by atoms with Crippen LogP contribution < -0.4 is 5.32 Å². The van der Waals surface area contributed by atoms with Crippen molar-refractivity contribution in [2.45, 2.75) is 71.3 Å². The minimum Gasteiger partial charge on any atom is -0.316 e. The van der Waals surface area contributed by atoms with Crippen LogP contribution in [0.4, 0.5) is 0 Å². The molecular weight excluding hydrogens is 232 g/mol. The predicted molar refractivity (Wildman–Crippen MR) is 83.5 cm³/mol. The second-order valence-corrected chi connectivity index (χ2v) is 7.10. The molecule has 1 aliphatic carbocycles. The summed E-state index contributed by atoms with van der Waals surface area (Å²) < 4.78 is 0. The van der Waals surface area contributed by atoms with Crippen LogP contribution >= 0.6 is 0 Å². The molecular formula is C17H34N2. The van der Waals surface area contributed by atoms with Crippen LogP contribution in [0.3, 0.4) is 0 Å². The third-order valence-electron chi connectivity index (χ3n) is 4.96. The zero-order valence-electron chi connectivity index (χ0n) is 13.2. The van der Waals surface area contributed by atoms with Gasteiger partial charge in [0.05, 0.1) is 0 Å². The lowest BCUT2D eigenvalue weighted by molar-refractivity contribution is 0.0597. The number of likely N-dealkylation sites (tertiary alicyclic amines) is 1. The first kappa shape index (κ1) is 15.3. The Morgan fingerprint density at radius 3 is 2.68 bits per heavy atom. The van der Waals surface area contributed by atoms with Crippen molar-refractivity contribution in [2.24, 2.45) is 11.8 Å². The van der Waals surface area contributed by atoms with Crippen LogP contribution in [0, 0.1) is 11.8 Å². The molecule has 2 unspecified atom stereocenters. The molecule has 2 nitrogen and oxygen atoms in total. The largest absolute Gasteiger partial charge is 0.316 e. The molecule has 1 aliphatic heterocycles. The Labute approximate surface area is 120 Å². The molecule has 0 spiro atoms. The number of rotatable bonds is 7. The van der Waals surface area contributed by atoms with Crippen molar-refractivity contribution in [3.8, 4) is 0 Å². The van der Waals surface area contributed by atoms with Crippen molar-refractivity contribution < 1.29 is 0 Å². The third kappa shape index (κ3) is 5.07. The lowest BCUT2D eigenvalue weighted by Gasteiger charge is -2.44. The molecule has 0 aromatic carbocycles. The van der Waals surface area contributed by atoms with E-state index in [4.69, 9.17) is 0 Å². The van der Waals surface area contributed by atoms with Crippen molar-refractivity contribution in [1.29, 1.82) is 0 Å². The van der Waals surface area contributed by atoms with E-state index in [2.05, 4.69) is 24.1 Å². The van der Waals surface area contributed by atoms with Gasteiger partial charge in [-0.15, -0.1) is 0 Å². The van der Waals surface area contributed by atoms with Crippen LogP contribution in [0.2, 0.25) is 0 Å². The molecule has 19 heavy (non-hydrogen) atoms. The number of nitrogens with zero attached hydrogens (tertiary/aromatic N) is 1. The predicted octanol–water partition coefficient (Wildman–Crippen LogP) is 3.67. The average molecular weight is 266 g/mol. The van der Waals surface area contributed by atoms with Gasteiger partial charge in [-0.05, 0) is 76.5 Å². The van der Waals surface area contributed by atoms with Crippen LogP contribution in [0.25, 0.3) is 0 Å². The zero-order chi connectivity index (χ0) is 13.5. The van der Waals surface area contributed by atoms with Gasteiger partial charge in [0.1, 0.15) is 0 Å². The normalized spacial score (nSPS) is 28.6. The molecule has 0 radical (unpaired) electrons. The summed E-state index contributed by atoms with van der Waals surface area (Å²) >= 11 is 0. The number of hydrogen-bond donors (Lipinski definition) is 1. The fraction of sp³-hybridized carbons (Fsp3) is 1.00. The van der Waals surface area contributed by atoms with Gasteiger partial charge in [-0.1, -0.05) is 26.7 Å². The molecule has 1 saturated carbocycles. The van der Waals surface area contributed by atoms with Crippen molar-refractivity contribution in [2.75, 3.05) is 26.2 Å². The molecule has 2 aliphatic rings. The van der Waals surface area contributed by atoms with E-state index < -0.39 is 0 Å². The van der Waals surface area contributed by atoms with Gasteiger partial charge >= 0.3 is 0 Å². The first-order valence-electron chi connectivity index (χ1n) is 8.72. The maximum Gasteiger partial charge on any atom is 0.0123 e. The second-order valence-electron chi connectivity index (χ2n) is 7.10. The van der Waals surface area contributed by atoms with Crippen LogP contribution in [0.1, 0.15) is 65.2 Å². The van der Waals surface area contributed by atoms with Crippen molar-refractivity contribution in [3.63, 3.8) is 0 Å². The Kier molecular flexibility index (Phi) is 6.66. The van der Waals surface area contributed by atoms with Crippen molar-refractivity contribution >= 4 is 0 Å². The molecule has 2 heteroatoms. The highest BCUT2D eigenvalue weighted by atomic mass is 15.2. The van der Waals surface area contributed by atoms with Gasteiger partial charge in [0.2, 0.25) is 0 Å². The quantitative estimate of drug-likeness (QED) is 0.707. The minimum absolute atomic E-state index is 0.782. The summed E-state index contributed by atoms with van der Waals surface area (Å²) in [5.41, 5.74) is 0. The summed E-state index contributed by atoms with van der Waals surface area (Å²) in [6, 6.07) is 0.950. The molecule has 1 heterocycles. The van der Waals surface area contributed by atoms with E-state index in [1.807, 2.05) is 0 Å². The molecule has 1 saturated heterocycles. The molecule has 1 N–H and O–H groups in total. The SMILES string of the molecule is CC(C)CNCCCCN1CCCC2CCCCC21. The lowest BCUT2D eigenvalue weighted by atomic mass is 9.78. The highest BCUT2D eigenvalue weighted by Crippen LogP contribution is 2.35. The monoisotopic (exact) mass is 266 g/mol. The standard InChI is InChI=1S/C17H34N2/c1-15(2)14-18-11-5-6-12-19-13-7-9-16-8-3-4-10-17(16)19/h15-18H,3-14H2,1-2H3. The Bertz CT molecular complexity index is 237. The third-order valence-corrected chi connectivity index (χ3v) is 4.96. The van der Waals surface area contributed by atoms with Crippen LogP contribution in [-0.2, 0) is 0 Å². The first-order chi connectivity index (χ1) is 9.27. The summed E-state index contributed by atoms with van der Waals surface area (Å²) in [5.74, 6) is 1.83. The van der Waals surface area contributed by atoms with E-state index in [9.17, 15) is 0 Å². The highest BCUT2D eigenvalue weighted by Gasteiger charge is 2.32. The van der Waals surface area contributed by atoms with Gasteiger partial charge in [0.25, 0.3) is 0 Å². The Hall–Kier alpha value is -0.0800. The Morgan fingerprint density at radius 1 is 1.05 bits per heavy atom. The molecule has 0 amide bonds. The number of piperidine rings is 1. The van der Waals surface area contributed by atoms with Gasteiger partial charge in [0, 0.05) is 6.04 Å². The molecule has 2 fully saturated rings. The van der Waals surface area contributed by atoms with Crippen LogP contribution in [-0.4, -0.2) is 37.1 Å². The number of unbranched alkanes of at least 4 members (excludes halogenated alkanes) is 1. The smallest absolute Gasteiger partial charge is 0.0123 e. The fourth-order valence-corrected chi connectivity index (χ4v) is 3.96. The highest BCUT2D eigenvalue weighted by molar-refractivity contribution is 4.87. The van der Waals surface area contributed by atoms with Gasteiger partial charge in [-0.2, -0.15) is 0 Å². The maximum atomic E-state index is 3.56. The molecule has 2 atom stereocenters. The lowest BCUT2D eigenvalue weighted by Crippen LogP contribution is -2.47. The summed E-state index contributed by atoms with van der Waals surface area (Å²) in [5, 5.41) is 3.56. The van der Waals surface area contributed by atoms with E-state index in [0.29, 0.717) is 0 Å². The molecule has 0 aromatic rings. The summed E-state index contributed by atoms with van der Waals surface area (Å²) in [4.78, 5) is 2.83. The van der Waals surface area contributed by atoms with Crippen molar-refractivity contribution in [3.05, 3.63) is 0 Å². The number of hydrogen-bond acceptors (Lipinski definition) is 2. The molecule has 2 rings (SSSR count). The topological polar surface area (TPSA) is 15.3 Å². The fourth-order valence-electron chi connectivity index (χ4n) is 3.96. The number of nitrogens with one attached hydrogen (secondary N) is 1. The van der Waals surface area contributed by atoms with Gasteiger partial charge < -0.3 is 10.2 Å². The Balaban J connectivity index is 1.59. The average Bonchev–Trinajstić information content (AvgIpc) is 2.42. The van der Waals surface area contributed by atoms with E-state index in [-0.39, 0.29) is 0 Å². The van der Waals surface area contributed by atoms with Gasteiger partial charge in [-0.25, -0.2) is 0 Å². The van der Waals surface area contributed by atoms with E-state index in [1.54, 1.807) is 0 Å². The van der Waals surface area contributed by atoms with E-state index in [1.165, 1.54) is 77.5 Å². The minimum atomic E-state index is 0.782. The van der Waals surface area contributed by atoms with Crippen LogP contribution in [0.15, 0.2) is 0 Å².